The molecule has 0 amide bonds. The van der Waals surface area contributed by atoms with Crippen LogP contribution >= 0.6 is 23.5 Å². The van der Waals surface area contributed by atoms with E-state index in [4.69, 9.17) is 0 Å². The maximum Gasteiger partial charge on any atom is 0.0386 e. The van der Waals surface area contributed by atoms with Gasteiger partial charge in [-0.3, -0.25) is 0 Å². The van der Waals surface area contributed by atoms with Crippen LogP contribution in [0.5, 0.6) is 0 Å². The van der Waals surface area contributed by atoms with Crippen molar-refractivity contribution in [1.29, 1.82) is 0 Å². The lowest BCUT2D eigenvalue weighted by atomic mass is 10.8. The van der Waals surface area contributed by atoms with Crippen molar-refractivity contribution in [1.82, 2.24) is 0 Å². The van der Waals surface area contributed by atoms with E-state index in [-0.39, 0.29) is 0 Å². The van der Waals surface area contributed by atoms with E-state index < -0.39 is 0 Å². The topological polar surface area (TPSA) is 0 Å². The lowest BCUT2D eigenvalue weighted by Crippen LogP contribution is -1.51. The van der Waals surface area contributed by atoms with Crippen molar-refractivity contribution in [3.8, 4) is 0 Å². The highest BCUT2D eigenvalue weighted by molar-refractivity contribution is 8.02. The van der Waals surface area contributed by atoms with Crippen LogP contribution < -0.4 is 0 Å². The van der Waals surface area contributed by atoms with E-state index in [0.29, 0.717) is 0 Å². The largest absolute Gasteiger partial charge is 0.156 e. The minimum absolute atomic E-state index is 1.72. The summed E-state index contributed by atoms with van der Waals surface area (Å²) in [5.41, 5.74) is 0. The number of thioether (sulfide) groups is 2. The Labute approximate surface area is 53.8 Å². The molecular formula is C5H9S2. The van der Waals surface area contributed by atoms with Crippen LogP contribution in [0, 0.1) is 5.75 Å². The molecule has 2 heteroatoms. The van der Waals surface area contributed by atoms with Crippen molar-refractivity contribution in [2.24, 2.45) is 0 Å². The molecule has 0 rings (SSSR count). The van der Waals surface area contributed by atoms with Crippen LogP contribution in [-0.4, -0.2) is 12.5 Å². The van der Waals surface area contributed by atoms with Gasteiger partial charge in [-0.05, 0) is 17.9 Å². The van der Waals surface area contributed by atoms with Gasteiger partial charge in [-0.15, -0.1) is 11.8 Å². The van der Waals surface area contributed by atoms with Gasteiger partial charge in [0.05, 0.1) is 0 Å². The molecule has 0 nitrogen and oxygen atoms in total. The summed E-state index contributed by atoms with van der Waals surface area (Å²) < 4.78 is 0. The van der Waals surface area contributed by atoms with Gasteiger partial charge in [-0.2, -0.15) is 11.8 Å². The standard InChI is InChI=1S/C5H9S2/c1-6-4-3-5-7-2/h3-5H,1-2H3. The molecule has 0 aliphatic rings. The molecule has 0 aromatic heterocycles. The molecular weight excluding hydrogens is 124 g/mol. The molecule has 1 radical (unpaired) electrons. The molecule has 0 bridgehead atoms. The molecule has 0 atom stereocenters. The first-order chi connectivity index (χ1) is 3.41. The summed E-state index contributed by atoms with van der Waals surface area (Å²) in [5.74, 6) is 2.05. The fraction of sp³-hybridized carbons (Fsp3) is 0.400. The summed E-state index contributed by atoms with van der Waals surface area (Å²) in [6.07, 6.45) is 6.13. The quantitative estimate of drug-likeness (QED) is 0.580. The summed E-state index contributed by atoms with van der Waals surface area (Å²) in [6, 6.07) is 0. The Balaban J connectivity index is 2.78. The van der Waals surface area contributed by atoms with Crippen molar-refractivity contribution < 1.29 is 0 Å². The Morgan fingerprint density at radius 2 is 1.86 bits per heavy atom. The molecule has 0 saturated carbocycles. The number of hydrogen-bond donors (Lipinski definition) is 0. The minimum Gasteiger partial charge on any atom is -0.156 e. The van der Waals surface area contributed by atoms with E-state index in [1.807, 2.05) is 18.6 Å². The Kier molecular flexibility index (Phi) is 6.84. The smallest absolute Gasteiger partial charge is 0.0386 e. The monoisotopic (exact) mass is 133 g/mol. The third-order valence-corrected chi connectivity index (χ3v) is 1.29. The Hall–Kier alpha value is 0.440. The van der Waals surface area contributed by atoms with Gasteiger partial charge in [0, 0.05) is 5.75 Å². The third-order valence-electron chi connectivity index (χ3n) is 0.429. The average molecular weight is 133 g/mol. The number of hydrogen-bond acceptors (Lipinski definition) is 2. The Morgan fingerprint density at radius 3 is 2.29 bits per heavy atom. The van der Waals surface area contributed by atoms with Crippen molar-refractivity contribution >= 4 is 23.5 Å². The molecule has 0 aliphatic heterocycles. The maximum absolute atomic E-state index is 2.05. The van der Waals surface area contributed by atoms with E-state index in [2.05, 4.69) is 11.2 Å². The maximum atomic E-state index is 2.05. The Bertz CT molecular complexity index is 50.0. The molecule has 0 heterocycles. The molecule has 0 aromatic rings. The van der Waals surface area contributed by atoms with Crippen LogP contribution in [0.2, 0.25) is 0 Å². The highest BCUT2D eigenvalue weighted by Gasteiger charge is 1.68. The van der Waals surface area contributed by atoms with E-state index in [9.17, 15) is 0 Å². The normalized spacial score (nSPS) is 10.6. The predicted molar refractivity (Wildman–Crippen MR) is 40.5 cm³/mol. The van der Waals surface area contributed by atoms with Crippen molar-refractivity contribution in [2.45, 2.75) is 0 Å². The second-order valence-electron chi connectivity index (χ2n) is 0.936. The fourth-order valence-electron chi connectivity index (χ4n) is 0.189. The van der Waals surface area contributed by atoms with E-state index >= 15 is 0 Å². The zero-order valence-electron chi connectivity index (χ0n) is 4.55. The van der Waals surface area contributed by atoms with E-state index in [1.165, 1.54) is 0 Å². The molecule has 0 aliphatic carbocycles. The molecule has 0 spiro atoms. The molecule has 41 valence electrons. The second kappa shape index (κ2) is 6.44. The fourth-order valence-corrected chi connectivity index (χ4v) is 0.760. The van der Waals surface area contributed by atoms with Crippen molar-refractivity contribution in [3.63, 3.8) is 0 Å². The van der Waals surface area contributed by atoms with Crippen LogP contribution in [0.1, 0.15) is 0 Å². The van der Waals surface area contributed by atoms with Gasteiger partial charge >= 0.3 is 0 Å². The Morgan fingerprint density at radius 1 is 1.14 bits per heavy atom. The minimum atomic E-state index is 1.72. The zero-order valence-corrected chi connectivity index (χ0v) is 6.18. The molecule has 0 N–H and O–H groups in total. The second-order valence-corrected chi connectivity index (χ2v) is 2.42. The summed E-state index contributed by atoms with van der Waals surface area (Å²) in [7, 11) is 0. The van der Waals surface area contributed by atoms with Gasteiger partial charge in [0.15, 0.2) is 0 Å². The third kappa shape index (κ3) is 6.44. The van der Waals surface area contributed by atoms with Crippen molar-refractivity contribution in [3.05, 3.63) is 17.2 Å². The molecule has 0 unspecified atom stereocenters. The van der Waals surface area contributed by atoms with E-state index in [1.54, 1.807) is 23.5 Å². The first-order valence-corrected chi connectivity index (χ1v) is 4.53. The van der Waals surface area contributed by atoms with Crippen LogP contribution in [0.25, 0.3) is 0 Å². The van der Waals surface area contributed by atoms with Gasteiger partial charge in [0.1, 0.15) is 0 Å². The molecule has 0 aromatic carbocycles. The van der Waals surface area contributed by atoms with Gasteiger partial charge in [0.25, 0.3) is 0 Å². The summed E-state index contributed by atoms with van der Waals surface area (Å²) in [5, 5.41) is 2.05. The summed E-state index contributed by atoms with van der Waals surface area (Å²) in [6.45, 7) is 0. The zero-order chi connectivity index (χ0) is 5.54. The van der Waals surface area contributed by atoms with Gasteiger partial charge in [-0.1, -0.05) is 6.08 Å². The van der Waals surface area contributed by atoms with E-state index in [0.717, 1.165) is 0 Å². The molecule has 0 saturated heterocycles. The number of rotatable bonds is 3. The van der Waals surface area contributed by atoms with Gasteiger partial charge in [-0.25, -0.2) is 0 Å². The lowest BCUT2D eigenvalue weighted by molar-refractivity contribution is 2.05. The molecule has 7 heavy (non-hydrogen) atoms. The van der Waals surface area contributed by atoms with Crippen LogP contribution in [-0.2, 0) is 0 Å². The summed E-state index contributed by atoms with van der Waals surface area (Å²) in [4.78, 5) is 0. The highest BCUT2D eigenvalue weighted by atomic mass is 32.2. The average Bonchev–Trinajstić information content (AvgIpc) is 1.69. The summed E-state index contributed by atoms with van der Waals surface area (Å²) >= 11 is 3.43. The van der Waals surface area contributed by atoms with Crippen molar-refractivity contribution in [2.75, 3.05) is 12.5 Å². The van der Waals surface area contributed by atoms with Gasteiger partial charge < -0.3 is 0 Å². The van der Waals surface area contributed by atoms with Gasteiger partial charge in [0.2, 0.25) is 0 Å². The SMILES string of the molecule is CS[CH]C=CSC. The van der Waals surface area contributed by atoms with Crippen LogP contribution in [0.4, 0.5) is 0 Å². The molecule has 0 fully saturated rings. The van der Waals surface area contributed by atoms with Crippen LogP contribution in [0.3, 0.4) is 0 Å². The predicted octanol–water partition coefficient (Wildman–Crippen LogP) is 2.39. The first-order valence-electron chi connectivity index (χ1n) is 1.95. The van der Waals surface area contributed by atoms with Crippen LogP contribution in [0.15, 0.2) is 11.5 Å². The lowest BCUT2D eigenvalue weighted by Gasteiger charge is -1.79. The highest BCUT2D eigenvalue weighted by Crippen LogP contribution is 2.02. The first kappa shape index (κ1) is 7.44.